The first kappa shape index (κ1) is 19.2. The number of carbonyl (C=O) groups is 1. The van der Waals surface area contributed by atoms with Crippen LogP contribution in [0.1, 0.15) is 10.4 Å². The van der Waals surface area contributed by atoms with E-state index in [9.17, 15) is 18.3 Å². The number of methoxy groups -OCH3 is 1. The van der Waals surface area contributed by atoms with Gasteiger partial charge in [0.1, 0.15) is 16.2 Å². The van der Waals surface area contributed by atoms with Crippen molar-refractivity contribution >= 4 is 62.2 Å². The molecule has 1 heterocycles. The summed E-state index contributed by atoms with van der Waals surface area (Å²) < 4.78 is 28.7. The second-order valence-electron chi connectivity index (χ2n) is 5.40. The molecule has 0 saturated heterocycles. The largest absolute Gasteiger partial charge is 0.494 e. The lowest BCUT2D eigenvalue weighted by Crippen LogP contribution is -2.05. The van der Waals surface area contributed by atoms with Gasteiger partial charge in [0.2, 0.25) is 0 Å². The van der Waals surface area contributed by atoms with E-state index in [-0.39, 0.29) is 26.9 Å². The molecule has 7 nitrogen and oxygen atoms in total. The van der Waals surface area contributed by atoms with Gasteiger partial charge in [0.15, 0.2) is 10.7 Å². The van der Waals surface area contributed by atoms with Crippen molar-refractivity contribution in [1.82, 2.24) is 4.98 Å². The number of thiol groups is 1. The fourth-order valence-corrected chi connectivity index (χ4v) is 3.48. The summed E-state index contributed by atoms with van der Waals surface area (Å²) >= 11 is 12.0. The highest BCUT2D eigenvalue weighted by Crippen LogP contribution is 2.37. The molecule has 0 fully saturated rings. The Morgan fingerprint density at radius 3 is 2.56 bits per heavy atom. The third-order valence-electron chi connectivity index (χ3n) is 3.77. The number of nitrogens with zero attached hydrogens (tertiary/aromatic N) is 1. The van der Waals surface area contributed by atoms with Gasteiger partial charge in [0.25, 0.3) is 0 Å². The molecule has 1 aromatic heterocycles. The Hall–Kier alpha value is -2.55. The Morgan fingerprint density at radius 2 is 1.93 bits per heavy atom. The number of fused-ring (bicyclic) bond motifs is 1. The van der Waals surface area contributed by atoms with E-state index in [0.717, 1.165) is 0 Å². The van der Waals surface area contributed by atoms with E-state index >= 15 is 0 Å². The molecule has 0 bridgehead atoms. The Labute approximate surface area is 165 Å². The van der Waals surface area contributed by atoms with Crippen LogP contribution in [-0.4, -0.2) is 31.6 Å². The number of hydrogen-bond acceptors (Lipinski definition) is 6. The minimum Gasteiger partial charge on any atom is -0.494 e. The van der Waals surface area contributed by atoms with Crippen LogP contribution >= 0.6 is 23.2 Å². The van der Waals surface area contributed by atoms with Gasteiger partial charge in [-0.15, -0.1) is 0 Å². The molecule has 0 spiro atoms. The molecule has 2 aromatic carbocycles. The molecular weight excluding hydrogens is 415 g/mol. The van der Waals surface area contributed by atoms with Crippen LogP contribution in [0, 0.1) is 0 Å². The molecule has 0 aliphatic rings. The number of nitrogens with one attached hydrogen (secondary N) is 1. The highest BCUT2D eigenvalue weighted by molar-refractivity contribution is 7.72. The van der Waals surface area contributed by atoms with Gasteiger partial charge in [-0.2, -0.15) is 0 Å². The topological polar surface area (TPSA) is 106 Å². The van der Waals surface area contributed by atoms with E-state index < -0.39 is 16.7 Å². The summed E-state index contributed by atoms with van der Waals surface area (Å²) in [5.41, 5.74) is 0.558. The number of ether oxygens (including phenoxy) is 1. The fourth-order valence-electron chi connectivity index (χ4n) is 2.59. The third kappa shape index (κ3) is 3.78. The van der Waals surface area contributed by atoms with Crippen molar-refractivity contribution in [3.05, 3.63) is 52.1 Å². The zero-order valence-corrected chi connectivity index (χ0v) is 16.1. The maximum Gasteiger partial charge on any atom is 0.337 e. The molecule has 0 aliphatic carbocycles. The van der Waals surface area contributed by atoms with Gasteiger partial charge in [-0.3, -0.25) is 4.98 Å². The van der Waals surface area contributed by atoms with Gasteiger partial charge in [-0.25, -0.2) is 13.2 Å². The molecule has 0 unspecified atom stereocenters. The lowest BCUT2D eigenvalue weighted by atomic mass is 10.1. The molecule has 3 aromatic rings. The van der Waals surface area contributed by atoms with Crippen LogP contribution in [-0.2, 0) is 10.7 Å². The first-order valence-electron chi connectivity index (χ1n) is 7.42. The number of pyridine rings is 1. The molecule has 0 amide bonds. The third-order valence-corrected chi connectivity index (χ3v) is 4.96. The number of aromatic carboxylic acids is 1. The monoisotopic (exact) mass is 426 g/mol. The first-order valence-corrected chi connectivity index (χ1v) is 9.35. The van der Waals surface area contributed by atoms with Gasteiger partial charge < -0.3 is 15.2 Å². The number of carboxylic acids is 1. The van der Waals surface area contributed by atoms with Crippen molar-refractivity contribution in [2.75, 3.05) is 12.4 Å². The van der Waals surface area contributed by atoms with Crippen molar-refractivity contribution in [3.63, 3.8) is 0 Å². The summed E-state index contributed by atoms with van der Waals surface area (Å²) in [6, 6.07) is 7.27. The molecule has 2 N–H and O–H groups in total. The lowest BCUT2D eigenvalue weighted by Gasteiger charge is -2.15. The van der Waals surface area contributed by atoms with Crippen LogP contribution < -0.4 is 10.1 Å². The van der Waals surface area contributed by atoms with Crippen LogP contribution in [0.2, 0.25) is 10.0 Å². The second-order valence-corrected chi connectivity index (χ2v) is 7.27. The van der Waals surface area contributed by atoms with E-state index in [1.807, 2.05) is 0 Å². The average molecular weight is 427 g/mol. The Kier molecular flexibility index (Phi) is 5.41. The molecule has 3 rings (SSSR count). The van der Waals surface area contributed by atoms with E-state index in [1.54, 1.807) is 6.07 Å². The van der Waals surface area contributed by atoms with Crippen LogP contribution in [0.4, 0.5) is 11.4 Å². The van der Waals surface area contributed by atoms with Gasteiger partial charge in [-0.05, 0) is 24.3 Å². The van der Waals surface area contributed by atoms with Crippen molar-refractivity contribution in [1.29, 1.82) is 0 Å². The number of halogens is 2. The molecule has 0 atom stereocenters. The quantitative estimate of drug-likeness (QED) is 0.530. The molecule has 0 saturated carbocycles. The molecule has 0 aliphatic heterocycles. The van der Waals surface area contributed by atoms with Gasteiger partial charge in [-0.1, -0.05) is 23.2 Å². The minimum absolute atomic E-state index is 0.117. The normalized spacial score (nSPS) is 11.0. The van der Waals surface area contributed by atoms with Gasteiger partial charge in [0, 0.05) is 27.7 Å². The number of anilines is 2. The van der Waals surface area contributed by atoms with Crippen molar-refractivity contribution < 1.29 is 23.1 Å². The number of carboxylic acid groups (broad SMARTS) is 1. The maximum absolute atomic E-state index is 11.7. The van der Waals surface area contributed by atoms with Crippen molar-refractivity contribution in [2.45, 2.75) is 4.90 Å². The predicted octanol–water partition coefficient (Wildman–Crippen LogP) is 3.96. The standard InChI is InChI=1S/C17H12Cl2N2O5S/c1-26-13-6-9(19)5-11-15(13)20-7-14(27(24)25)16(11)21-12-3-2-8(18)4-10(12)17(22)23/h2-7,27H,1H3,(H,20,21)(H,22,23). The van der Waals surface area contributed by atoms with E-state index in [2.05, 4.69) is 10.3 Å². The molecule has 0 radical (unpaired) electrons. The van der Waals surface area contributed by atoms with Crippen LogP contribution in [0.3, 0.4) is 0 Å². The van der Waals surface area contributed by atoms with Crippen LogP contribution in [0.5, 0.6) is 5.75 Å². The van der Waals surface area contributed by atoms with Gasteiger partial charge >= 0.3 is 5.97 Å². The van der Waals surface area contributed by atoms with Gasteiger partial charge in [0.05, 0.1) is 24.0 Å². The minimum atomic E-state index is -3.02. The SMILES string of the molecule is COc1cc(Cl)cc2c(Nc3ccc(Cl)cc3C(=O)O)c([SH](=O)=O)cnc12. The number of benzene rings is 2. The number of hydrogen-bond donors (Lipinski definition) is 3. The summed E-state index contributed by atoms with van der Waals surface area (Å²) in [6.45, 7) is 0. The van der Waals surface area contributed by atoms with E-state index in [0.29, 0.717) is 21.7 Å². The molecule has 27 heavy (non-hydrogen) atoms. The van der Waals surface area contributed by atoms with E-state index in [1.165, 1.54) is 37.6 Å². The summed E-state index contributed by atoms with van der Waals surface area (Å²) in [4.78, 5) is 15.6. The molecular formula is C17H12Cl2N2O5S. The highest BCUT2D eigenvalue weighted by Gasteiger charge is 2.18. The van der Waals surface area contributed by atoms with E-state index in [4.69, 9.17) is 27.9 Å². The Balaban J connectivity index is 2.31. The summed E-state index contributed by atoms with van der Waals surface area (Å²) in [7, 11) is -1.59. The Morgan fingerprint density at radius 1 is 1.19 bits per heavy atom. The molecule has 10 heteroatoms. The first-order chi connectivity index (χ1) is 12.8. The number of aromatic nitrogens is 1. The maximum atomic E-state index is 11.7. The predicted molar refractivity (Wildman–Crippen MR) is 104 cm³/mol. The van der Waals surface area contributed by atoms with Crippen LogP contribution in [0.25, 0.3) is 10.9 Å². The summed E-state index contributed by atoms with van der Waals surface area (Å²) in [5.74, 6) is -0.871. The number of rotatable bonds is 5. The highest BCUT2D eigenvalue weighted by atomic mass is 35.5. The smallest absolute Gasteiger partial charge is 0.337 e. The molecule has 140 valence electrons. The zero-order chi connectivity index (χ0) is 19.7. The lowest BCUT2D eigenvalue weighted by molar-refractivity contribution is 0.0698. The zero-order valence-electron chi connectivity index (χ0n) is 13.7. The fraction of sp³-hybridized carbons (Fsp3) is 0.0588. The average Bonchev–Trinajstić information content (AvgIpc) is 2.62. The Bertz CT molecular complexity index is 1140. The van der Waals surface area contributed by atoms with Crippen LogP contribution in [0.15, 0.2) is 41.4 Å². The second kappa shape index (κ2) is 7.59. The summed E-state index contributed by atoms with van der Waals surface area (Å²) in [6.07, 6.45) is 1.17. The van der Waals surface area contributed by atoms with Crippen molar-refractivity contribution in [3.8, 4) is 5.75 Å². The summed E-state index contributed by atoms with van der Waals surface area (Å²) in [5, 5.41) is 13.2. The van der Waals surface area contributed by atoms with Crippen molar-refractivity contribution in [2.24, 2.45) is 0 Å².